The predicted octanol–water partition coefficient (Wildman–Crippen LogP) is 3.63. The lowest BCUT2D eigenvalue weighted by Gasteiger charge is -2.33. The minimum absolute atomic E-state index is 0.218. The number of unbranched alkanes of at least 4 members (excludes halogenated alkanes) is 1. The van der Waals surface area contributed by atoms with Crippen molar-refractivity contribution in [2.75, 3.05) is 13.6 Å². The second-order valence-electron chi connectivity index (χ2n) is 9.13. The smallest absolute Gasteiger partial charge is 0.408 e. The molecule has 0 aromatic heterocycles. The molecule has 0 spiro atoms. The molecule has 7 heteroatoms. The number of nitrogens with zero attached hydrogens (tertiary/aromatic N) is 1. The average Bonchev–Trinajstić information content (AvgIpc) is 2.70. The van der Waals surface area contributed by atoms with Gasteiger partial charge in [0.2, 0.25) is 11.8 Å². The van der Waals surface area contributed by atoms with Crippen LogP contribution in [0.5, 0.6) is 0 Å². The largest absolute Gasteiger partial charge is 0.444 e. The number of rotatable bonds is 9. The summed E-state index contributed by atoms with van der Waals surface area (Å²) in [5.74, 6) is 1.65. The molecule has 0 aliphatic heterocycles. The molecule has 0 aliphatic carbocycles. The Bertz CT molecular complexity index is 819. The van der Waals surface area contributed by atoms with Crippen LogP contribution in [0, 0.1) is 18.3 Å². The van der Waals surface area contributed by atoms with E-state index in [-0.39, 0.29) is 17.7 Å². The summed E-state index contributed by atoms with van der Waals surface area (Å²) in [6, 6.07) is 5.24. The number of benzene rings is 1. The number of hydrogen-bond acceptors (Lipinski definition) is 4. The molecule has 32 heavy (non-hydrogen) atoms. The normalized spacial score (nSPS) is 13.0. The molecule has 0 bridgehead atoms. The van der Waals surface area contributed by atoms with Gasteiger partial charge in [-0.2, -0.15) is 0 Å². The molecule has 0 aliphatic rings. The van der Waals surface area contributed by atoms with Crippen LogP contribution in [0.3, 0.4) is 0 Å². The van der Waals surface area contributed by atoms with E-state index in [0.29, 0.717) is 17.7 Å². The second kappa shape index (κ2) is 12.1. The monoisotopic (exact) mass is 443 g/mol. The molecule has 3 amide bonds. The first-order chi connectivity index (χ1) is 14.9. The maximum Gasteiger partial charge on any atom is 0.408 e. The summed E-state index contributed by atoms with van der Waals surface area (Å²) in [7, 11) is 1.56. The fourth-order valence-electron chi connectivity index (χ4n) is 3.09. The Morgan fingerprint density at radius 2 is 1.75 bits per heavy atom. The van der Waals surface area contributed by atoms with Crippen LogP contribution < -0.4 is 10.6 Å². The Morgan fingerprint density at radius 1 is 1.16 bits per heavy atom. The van der Waals surface area contributed by atoms with E-state index < -0.39 is 23.8 Å². The fourth-order valence-corrected chi connectivity index (χ4v) is 3.09. The first kappa shape index (κ1) is 27.0. The molecule has 1 aromatic rings. The number of hydrogen-bond donors (Lipinski definition) is 2. The summed E-state index contributed by atoms with van der Waals surface area (Å²) >= 11 is 0. The summed E-state index contributed by atoms with van der Waals surface area (Å²) in [4.78, 5) is 40.2. The van der Waals surface area contributed by atoms with E-state index in [9.17, 15) is 14.4 Å². The highest BCUT2D eigenvalue weighted by atomic mass is 16.6. The van der Waals surface area contributed by atoms with Crippen molar-refractivity contribution in [1.82, 2.24) is 15.5 Å². The molecule has 2 unspecified atom stereocenters. The summed E-state index contributed by atoms with van der Waals surface area (Å²) in [6.45, 7) is 11.5. The van der Waals surface area contributed by atoms with Gasteiger partial charge in [0.15, 0.2) is 0 Å². The van der Waals surface area contributed by atoms with E-state index in [1.807, 2.05) is 20.8 Å². The number of amides is 3. The van der Waals surface area contributed by atoms with Gasteiger partial charge < -0.3 is 20.3 Å². The van der Waals surface area contributed by atoms with Crippen LogP contribution >= 0.6 is 0 Å². The van der Waals surface area contributed by atoms with Gasteiger partial charge in [0.1, 0.15) is 17.7 Å². The summed E-state index contributed by atoms with van der Waals surface area (Å²) in [6.07, 6.45) is 6.53. The maximum atomic E-state index is 13.4. The zero-order chi connectivity index (χ0) is 24.5. The summed E-state index contributed by atoms with van der Waals surface area (Å²) in [5.41, 5.74) is 0.620. The third-order valence-corrected chi connectivity index (χ3v) is 4.81. The number of alkyl carbamates (subject to hydrolysis) is 1. The number of carbonyl (C=O) groups excluding carboxylic acids is 3. The number of likely N-dealkylation sites (N-methyl/N-ethyl adjacent to an activating group) is 1. The van der Waals surface area contributed by atoms with Crippen molar-refractivity contribution in [1.29, 1.82) is 0 Å². The quantitative estimate of drug-likeness (QED) is 0.451. The zero-order valence-electron chi connectivity index (χ0n) is 20.3. The predicted molar refractivity (Wildman–Crippen MR) is 126 cm³/mol. The molecule has 1 rings (SSSR count). The number of carbonyl (C=O) groups is 3. The minimum Gasteiger partial charge on any atom is -0.444 e. The highest BCUT2D eigenvalue weighted by molar-refractivity contribution is 5.92. The van der Waals surface area contributed by atoms with Crippen molar-refractivity contribution < 1.29 is 19.1 Å². The Labute approximate surface area is 192 Å². The van der Waals surface area contributed by atoms with Crippen LogP contribution in [-0.4, -0.2) is 48.0 Å². The molecule has 2 atom stereocenters. The summed E-state index contributed by atoms with van der Waals surface area (Å²) in [5, 5.41) is 5.56. The molecule has 0 heterocycles. The van der Waals surface area contributed by atoms with Crippen molar-refractivity contribution in [3.05, 3.63) is 35.4 Å². The van der Waals surface area contributed by atoms with Crippen molar-refractivity contribution in [3.8, 4) is 12.3 Å². The van der Waals surface area contributed by atoms with Gasteiger partial charge in [0, 0.05) is 19.2 Å². The minimum atomic E-state index is -0.868. The van der Waals surface area contributed by atoms with E-state index in [1.54, 1.807) is 52.1 Å². The molecule has 0 saturated carbocycles. The van der Waals surface area contributed by atoms with E-state index in [1.165, 1.54) is 4.90 Å². The molecule has 0 saturated heterocycles. The highest BCUT2D eigenvalue weighted by Crippen LogP contribution is 2.23. The van der Waals surface area contributed by atoms with Crippen LogP contribution in [0.4, 0.5) is 4.79 Å². The van der Waals surface area contributed by atoms with Gasteiger partial charge in [-0.3, -0.25) is 9.59 Å². The number of ether oxygens (including phenoxy) is 1. The Hall–Kier alpha value is -3.01. The Balaban J connectivity index is 3.19. The molecular weight excluding hydrogens is 406 g/mol. The lowest BCUT2D eigenvalue weighted by Crippen LogP contribution is -2.53. The third kappa shape index (κ3) is 8.26. The van der Waals surface area contributed by atoms with E-state index >= 15 is 0 Å². The molecule has 176 valence electrons. The number of nitrogens with one attached hydrogen (secondary N) is 2. The van der Waals surface area contributed by atoms with E-state index in [4.69, 9.17) is 11.2 Å². The molecule has 7 nitrogen and oxygen atoms in total. The van der Waals surface area contributed by atoms with E-state index in [2.05, 4.69) is 16.6 Å². The van der Waals surface area contributed by atoms with Crippen LogP contribution in [0.1, 0.15) is 71.6 Å². The zero-order valence-corrected chi connectivity index (χ0v) is 20.3. The van der Waals surface area contributed by atoms with Crippen molar-refractivity contribution in [3.63, 3.8) is 0 Å². The molecule has 2 N–H and O–H groups in total. The molecule has 1 aromatic carbocycles. The van der Waals surface area contributed by atoms with Crippen LogP contribution in [0.25, 0.3) is 0 Å². The SMILES string of the molecule is C#Cc1ccc(C(C(=O)NCCCC)N(C)C(=O)C(NC(=O)OC(C)(C)C)C(C)C)cc1. The lowest BCUT2D eigenvalue weighted by atomic mass is 9.99. The average molecular weight is 444 g/mol. The van der Waals surface area contributed by atoms with Crippen LogP contribution in [0.2, 0.25) is 0 Å². The van der Waals surface area contributed by atoms with E-state index in [0.717, 1.165) is 12.8 Å². The van der Waals surface area contributed by atoms with Gasteiger partial charge in [0.05, 0.1) is 0 Å². The van der Waals surface area contributed by atoms with Gasteiger partial charge in [-0.1, -0.05) is 45.2 Å². The van der Waals surface area contributed by atoms with Gasteiger partial charge in [-0.05, 0) is 50.8 Å². The Kier molecular flexibility index (Phi) is 10.2. The first-order valence-electron chi connectivity index (χ1n) is 11.0. The number of terminal acetylenes is 1. The second-order valence-corrected chi connectivity index (χ2v) is 9.13. The van der Waals surface area contributed by atoms with Gasteiger partial charge in [-0.25, -0.2) is 4.79 Å². The summed E-state index contributed by atoms with van der Waals surface area (Å²) < 4.78 is 5.31. The standard InChI is InChI=1S/C25H37N3O4/c1-9-11-16-26-22(29)21(19-14-12-18(10-2)13-15-19)28(8)23(30)20(17(3)4)27-24(31)32-25(5,6)7/h2,12-15,17,20-21H,9,11,16H2,1,3-8H3,(H,26,29)(H,27,31). The highest BCUT2D eigenvalue weighted by Gasteiger charge is 2.35. The Morgan fingerprint density at radius 3 is 2.22 bits per heavy atom. The maximum absolute atomic E-state index is 13.4. The van der Waals surface area contributed by atoms with Crippen molar-refractivity contribution in [2.24, 2.45) is 5.92 Å². The molecule has 0 fully saturated rings. The van der Waals surface area contributed by atoms with Crippen molar-refractivity contribution >= 4 is 17.9 Å². The first-order valence-corrected chi connectivity index (χ1v) is 11.0. The topological polar surface area (TPSA) is 87.7 Å². The van der Waals surface area contributed by atoms with Gasteiger partial charge in [-0.15, -0.1) is 6.42 Å². The van der Waals surface area contributed by atoms with Gasteiger partial charge in [0.25, 0.3) is 0 Å². The molecular formula is C25H37N3O4. The van der Waals surface area contributed by atoms with Gasteiger partial charge >= 0.3 is 6.09 Å². The fraction of sp³-hybridized carbons (Fsp3) is 0.560. The third-order valence-electron chi connectivity index (χ3n) is 4.81. The van der Waals surface area contributed by atoms with Crippen LogP contribution in [-0.2, 0) is 14.3 Å². The van der Waals surface area contributed by atoms with Crippen LogP contribution in [0.15, 0.2) is 24.3 Å². The molecule has 0 radical (unpaired) electrons. The lowest BCUT2D eigenvalue weighted by molar-refractivity contribution is -0.141. The van der Waals surface area contributed by atoms with Crippen molar-refractivity contribution in [2.45, 2.75) is 72.1 Å².